The summed E-state index contributed by atoms with van der Waals surface area (Å²) in [6.45, 7) is 7.30. The van der Waals surface area contributed by atoms with Crippen LogP contribution >= 0.6 is 11.3 Å². The summed E-state index contributed by atoms with van der Waals surface area (Å²) in [5.41, 5.74) is 0.201. The molecule has 0 saturated carbocycles. The first kappa shape index (κ1) is 16.9. The van der Waals surface area contributed by atoms with E-state index in [0.29, 0.717) is 36.9 Å². The molecule has 22 heavy (non-hydrogen) atoms. The highest BCUT2D eigenvalue weighted by Crippen LogP contribution is 2.31. The Morgan fingerprint density at radius 2 is 2.18 bits per heavy atom. The highest BCUT2D eigenvalue weighted by molar-refractivity contribution is 7.13. The van der Waals surface area contributed by atoms with Crippen molar-refractivity contribution in [2.45, 2.75) is 40.0 Å². The van der Waals surface area contributed by atoms with E-state index in [1.165, 1.54) is 11.3 Å². The van der Waals surface area contributed by atoms with Crippen molar-refractivity contribution in [2.24, 2.45) is 11.3 Å². The third kappa shape index (κ3) is 4.05. The molecule has 2 rings (SSSR count). The van der Waals surface area contributed by atoms with E-state index in [1.54, 1.807) is 0 Å². The molecule has 0 spiro atoms. The van der Waals surface area contributed by atoms with Crippen LogP contribution in [0.4, 0.5) is 0 Å². The van der Waals surface area contributed by atoms with Crippen molar-refractivity contribution >= 4 is 17.3 Å². The Labute approximate surface area is 135 Å². The van der Waals surface area contributed by atoms with E-state index < -0.39 is 5.41 Å². The summed E-state index contributed by atoms with van der Waals surface area (Å²) in [7, 11) is 0. The van der Waals surface area contributed by atoms with Crippen LogP contribution in [0, 0.1) is 29.6 Å². The highest BCUT2D eigenvalue weighted by Gasteiger charge is 2.35. The Hall–Kier alpha value is -1.45. The number of hydrogen-bond acceptors (Lipinski definition) is 6. The molecular formula is C16H22N2O3S. The van der Waals surface area contributed by atoms with Gasteiger partial charge >= 0.3 is 5.97 Å². The van der Waals surface area contributed by atoms with Crippen molar-refractivity contribution in [3.05, 3.63) is 15.6 Å². The minimum atomic E-state index is -0.605. The predicted octanol–water partition coefficient (Wildman–Crippen LogP) is 3.13. The fourth-order valence-electron chi connectivity index (χ4n) is 2.47. The van der Waals surface area contributed by atoms with Gasteiger partial charge in [-0.25, -0.2) is 9.78 Å². The number of nitrogens with zero attached hydrogens (tertiary/aromatic N) is 2. The van der Waals surface area contributed by atoms with Crippen LogP contribution in [-0.2, 0) is 15.9 Å². The Morgan fingerprint density at radius 3 is 2.77 bits per heavy atom. The van der Waals surface area contributed by atoms with Crippen LogP contribution in [0.3, 0.4) is 0 Å². The summed E-state index contributed by atoms with van der Waals surface area (Å²) >= 11 is 1.36. The number of carbonyl (C=O) groups is 1. The zero-order chi connectivity index (χ0) is 16.2. The van der Waals surface area contributed by atoms with Crippen LogP contribution < -0.4 is 0 Å². The molecule has 1 fully saturated rings. The van der Waals surface area contributed by atoms with Crippen molar-refractivity contribution in [3.8, 4) is 6.07 Å². The lowest BCUT2D eigenvalue weighted by atomic mass is 9.83. The maximum absolute atomic E-state index is 12.4. The molecule has 0 bridgehead atoms. The number of carbonyl (C=O) groups excluding carboxylic acids is 1. The average molecular weight is 322 g/mol. The van der Waals surface area contributed by atoms with Crippen molar-refractivity contribution in [1.29, 1.82) is 5.26 Å². The maximum atomic E-state index is 12.4. The lowest BCUT2D eigenvalue weighted by Gasteiger charge is -2.29. The van der Waals surface area contributed by atoms with Gasteiger partial charge in [0, 0.05) is 13.2 Å². The van der Waals surface area contributed by atoms with Gasteiger partial charge in [-0.15, -0.1) is 11.3 Å². The first-order valence-corrected chi connectivity index (χ1v) is 8.40. The zero-order valence-electron chi connectivity index (χ0n) is 13.3. The molecule has 1 saturated heterocycles. The molecule has 1 aliphatic heterocycles. The molecule has 0 aromatic carbocycles. The highest BCUT2D eigenvalue weighted by atomic mass is 32.1. The average Bonchev–Trinajstić information content (AvgIpc) is 2.85. The SMILES string of the molecule is Cc1nc(CC(C)C)c(C(=O)OCC2(C#N)CCOCC2)s1. The minimum Gasteiger partial charge on any atom is -0.460 e. The first-order chi connectivity index (χ1) is 10.5. The molecule has 120 valence electrons. The monoisotopic (exact) mass is 322 g/mol. The number of nitriles is 1. The number of aryl methyl sites for hydroxylation is 1. The van der Waals surface area contributed by atoms with E-state index in [0.717, 1.165) is 17.1 Å². The van der Waals surface area contributed by atoms with Gasteiger partial charge in [-0.3, -0.25) is 0 Å². The molecule has 0 amide bonds. The van der Waals surface area contributed by atoms with Crippen molar-refractivity contribution < 1.29 is 14.3 Å². The molecule has 1 aromatic rings. The molecule has 2 heterocycles. The summed E-state index contributed by atoms with van der Waals surface area (Å²) < 4.78 is 10.7. The van der Waals surface area contributed by atoms with Crippen LogP contribution in [0.25, 0.3) is 0 Å². The number of aromatic nitrogens is 1. The fraction of sp³-hybridized carbons (Fsp3) is 0.688. The quantitative estimate of drug-likeness (QED) is 0.779. The summed E-state index contributed by atoms with van der Waals surface area (Å²) in [4.78, 5) is 17.4. The zero-order valence-corrected chi connectivity index (χ0v) is 14.2. The van der Waals surface area contributed by atoms with Gasteiger partial charge in [-0.05, 0) is 32.1 Å². The Balaban J connectivity index is 2.04. The molecule has 0 radical (unpaired) electrons. The smallest absolute Gasteiger partial charge is 0.350 e. The van der Waals surface area contributed by atoms with Crippen molar-refractivity contribution in [1.82, 2.24) is 4.98 Å². The third-order valence-corrected chi connectivity index (χ3v) is 4.75. The Morgan fingerprint density at radius 1 is 1.50 bits per heavy atom. The maximum Gasteiger partial charge on any atom is 0.350 e. The van der Waals surface area contributed by atoms with Crippen molar-refractivity contribution in [2.75, 3.05) is 19.8 Å². The summed E-state index contributed by atoms with van der Waals surface area (Å²) in [6, 6.07) is 2.31. The minimum absolute atomic E-state index is 0.129. The van der Waals surface area contributed by atoms with E-state index in [4.69, 9.17) is 9.47 Å². The topological polar surface area (TPSA) is 72.2 Å². The van der Waals surface area contributed by atoms with Gasteiger partial charge in [0.05, 0.1) is 22.2 Å². The van der Waals surface area contributed by atoms with Crippen LogP contribution in [0.15, 0.2) is 0 Å². The second-order valence-corrected chi connectivity index (χ2v) is 7.39. The molecule has 0 atom stereocenters. The molecule has 5 nitrogen and oxygen atoms in total. The van der Waals surface area contributed by atoms with Crippen LogP contribution in [0.1, 0.15) is 47.1 Å². The van der Waals surface area contributed by atoms with E-state index in [1.807, 2.05) is 6.92 Å². The molecular weight excluding hydrogens is 300 g/mol. The second-order valence-electron chi connectivity index (χ2n) is 6.19. The number of rotatable bonds is 5. The van der Waals surface area contributed by atoms with Gasteiger partial charge in [0.2, 0.25) is 0 Å². The molecule has 1 aliphatic rings. The van der Waals surface area contributed by atoms with Gasteiger partial charge in [-0.2, -0.15) is 5.26 Å². The molecule has 0 N–H and O–H groups in total. The van der Waals surface area contributed by atoms with Crippen LogP contribution in [-0.4, -0.2) is 30.8 Å². The third-order valence-electron chi connectivity index (χ3n) is 3.76. The van der Waals surface area contributed by atoms with Gasteiger partial charge < -0.3 is 9.47 Å². The van der Waals surface area contributed by atoms with Crippen molar-refractivity contribution in [3.63, 3.8) is 0 Å². The number of hydrogen-bond donors (Lipinski definition) is 0. The van der Waals surface area contributed by atoms with Crippen LogP contribution in [0.2, 0.25) is 0 Å². The molecule has 1 aromatic heterocycles. The van der Waals surface area contributed by atoms with Gasteiger partial charge in [-0.1, -0.05) is 13.8 Å². The normalized spacial score (nSPS) is 17.2. The fourth-order valence-corrected chi connectivity index (χ4v) is 3.31. The Kier molecular flexibility index (Phi) is 5.54. The molecule has 0 unspecified atom stereocenters. The summed E-state index contributed by atoms with van der Waals surface area (Å²) in [6.07, 6.45) is 1.97. The van der Waals surface area contributed by atoms with Gasteiger partial charge in [0.1, 0.15) is 11.5 Å². The number of ether oxygens (including phenoxy) is 2. The molecule has 0 aliphatic carbocycles. The van der Waals surface area contributed by atoms with Crippen LogP contribution in [0.5, 0.6) is 0 Å². The number of esters is 1. The lowest BCUT2D eigenvalue weighted by molar-refractivity contribution is -0.00448. The van der Waals surface area contributed by atoms with E-state index in [2.05, 4.69) is 24.9 Å². The summed E-state index contributed by atoms with van der Waals surface area (Å²) in [5, 5.41) is 10.3. The largest absolute Gasteiger partial charge is 0.460 e. The number of thiazole rings is 1. The van der Waals surface area contributed by atoms with E-state index >= 15 is 0 Å². The van der Waals surface area contributed by atoms with Gasteiger partial charge in [0.25, 0.3) is 0 Å². The van der Waals surface area contributed by atoms with E-state index in [9.17, 15) is 10.1 Å². The Bertz CT molecular complexity index is 568. The molecule has 6 heteroatoms. The lowest BCUT2D eigenvalue weighted by Crippen LogP contribution is -2.33. The van der Waals surface area contributed by atoms with Gasteiger partial charge in [0.15, 0.2) is 0 Å². The standard InChI is InChI=1S/C16H22N2O3S/c1-11(2)8-13-14(22-12(3)18-13)15(19)21-10-16(9-17)4-6-20-7-5-16/h11H,4-8,10H2,1-3H3. The first-order valence-electron chi connectivity index (χ1n) is 7.58. The summed E-state index contributed by atoms with van der Waals surface area (Å²) in [5.74, 6) is 0.0661. The van der Waals surface area contributed by atoms with E-state index in [-0.39, 0.29) is 12.6 Å². The predicted molar refractivity (Wildman–Crippen MR) is 83.8 cm³/mol. The second kappa shape index (κ2) is 7.21.